The number of aryl methyl sites for hydroxylation is 1. The van der Waals surface area contributed by atoms with Crippen molar-refractivity contribution in [2.75, 3.05) is 6.54 Å². The zero-order chi connectivity index (χ0) is 11.3. The monoisotopic (exact) mass is 207 g/mol. The summed E-state index contributed by atoms with van der Waals surface area (Å²) in [7, 11) is 0. The molecule has 0 saturated heterocycles. The largest absolute Gasteiger partial charge is 0.385 e. The maximum atomic E-state index is 10.1. The highest BCUT2D eigenvalue weighted by molar-refractivity contribution is 5.26. The number of hydrogen-bond acceptors (Lipinski definition) is 2. The first-order chi connectivity index (χ1) is 7.10. The van der Waals surface area contributed by atoms with Crippen LogP contribution < -0.4 is 5.73 Å². The highest BCUT2D eigenvalue weighted by Crippen LogP contribution is 2.24. The van der Waals surface area contributed by atoms with E-state index in [4.69, 9.17) is 5.73 Å². The molecule has 0 amide bonds. The van der Waals surface area contributed by atoms with Crippen LogP contribution in [-0.2, 0) is 12.0 Å². The van der Waals surface area contributed by atoms with Gasteiger partial charge in [-0.15, -0.1) is 0 Å². The topological polar surface area (TPSA) is 46.2 Å². The van der Waals surface area contributed by atoms with E-state index >= 15 is 0 Å². The van der Waals surface area contributed by atoms with Gasteiger partial charge in [0.15, 0.2) is 0 Å². The van der Waals surface area contributed by atoms with Gasteiger partial charge in [-0.05, 0) is 37.4 Å². The van der Waals surface area contributed by atoms with Crippen LogP contribution in [0.3, 0.4) is 0 Å². The maximum Gasteiger partial charge on any atom is 0.0880 e. The highest BCUT2D eigenvalue weighted by Gasteiger charge is 2.21. The lowest BCUT2D eigenvalue weighted by molar-refractivity contribution is 0.0504. The SMILES string of the molecule is CCCc1ccc(C(C)(O)CCN)cc1. The Bertz CT molecular complexity index is 290. The number of hydrogen-bond donors (Lipinski definition) is 2. The zero-order valence-electron chi connectivity index (χ0n) is 9.66. The molecular formula is C13H21NO. The Morgan fingerprint density at radius 2 is 1.87 bits per heavy atom. The Hall–Kier alpha value is -0.860. The molecule has 0 aliphatic rings. The molecule has 0 saturated carbocycles. The third kappa shape index (κ3) is 3.33. The van der Waals surface area contributed by atoms with E-state index in [9.17, 15) is 5.11 Å². The summed E-state index contributed by atoms with van der Waals surface area (Å²) >= 11 is 0. The minimum absolute atomic E-state index is 0.504. The molecule has 84 valence electrons. The summed E-state index contributed by atoms with van der Waals surface area (Å²) in [5.74, 6) is 0. The molecule has 1 aromatic carbocycles. The van der Waals surface area contributed by atoms with Crippen molar-refractivity contribution >= 4 is 0 Å². The van der Waals surface area contributed by atoms with Gasteiger partial charge in [-0.2, -0.15) is 0 Å². The smallest absolute Gasteiger partial charge is 0.0880 e. The second kappa shape index (κ2) is 5.29. The Balaban J connectivity index is 2.78. The van der Waals surface area contributed by atoms with Crippen molar-refractivity contribution in [3.8, 4) is 0 Å². The second-order valence-corrected chi connectivity index (χ2v) is 4.26. The van der Waals surface area contributed by atoms with Gasteiger partial charge in [0.1, 0.15) is 0 Å². The molecule has 1 aromatic rings. The Morgan fingerprint density at radius 3 is 2.33 bits per heavy atom. The van der Waals surface area contributed by atoms with Crippen molar-refractivity contribution in [2.24, 2.45) is 5.73 Å². The average molecular weight is 207 g/mol. The third-order valence-electron chi connectivity index (χ3n) is 2.75. The Labute approximate surface area is 92.1 Å². The van der Waals surface area contributed by atoms with Gasteiger partial charge >= 0.3 is 0 Å². The number of aliphatic hydroxyl groups is 1. The summed E-state index contributed by atoms with van der Waals surface area (Å²) in [6.45, 7) is 4.48. The lowest BCUT2D eigenvalue weighted by atomic mass is 9.91. The molecule has 0 heterocycles. The van der Waals surface area contributed by atoms with Gasteiger partial charge in [0.05, 0.1) is 5.60 Å². The number of rotatable bonds is 5. The van der Waals surface area contributed by atoms with Gasteiger partial charge in [-0.3, -0.25) is 0 Å². The van der Waals surface area contributed by atoms with Crippen molar-refractivity contribution < 1.29 is 5.11 Å². The Morgan fingerprint density at radius 1 is 1.27 bits per heavy atom. The summed E-state index contributed by atoms with van der Waals surface area (Å²) in [4.78, 5) is 0. The fraction of sp³-hybridized carbons (Fsp3) is 0.538. The molecule has 0 radical (unpaired) electrons. The number of benzene rings is 1. The van der Waals surface area contributed by atoms with E-state index in [0.29, 0.717) is 13.0 Å². The van der Waals surface area contributed by atoms with E-state index in [0.717, 1.165) is 18.4 Å². The first-order valence-corrected chi connectivity index (χ1v) is 5.62. The molecule has 0 bridgehead atoms. The quantitative estimate of drug-likeness (QED) is 0.777. The summed E-state index contributed by atoms with van der Waals surface area (Å²) < 4.78 is 0. The van der Waals surface area contributed by atoms with Gasteiger partial charge in [-0.1, -0.05) is 37.6 Å². The van der Waals surface area contributed by atoms with Crippen molar-refractivity contribution in [1.29, 1.82) is 0 Å². The molecule has 15 heavy (non-hydrogen) atoms. The summed E-state index contributed by atoms with van der Waals surface area (Å²) in [5, 5.41) is 10.1. The molecular weight excluding hydrogens is 186 g/mol. The summed E-state index contributed by atoms with van der Waals surface area (Å²) in [5.41, 5.74) is 6.95. The van der Waals surface area contributed by atoms with Crippen LogP contribution in [0.5, 0.6) is 0 Å². The lowest BCUT2D eigenvalue weighted by Crippen LogP contribution is -2.24. The summed E-state index contributed by atoms with van der Waals surface area (Å²) in [6, 6.07) is 8.18. The van der Waals surface area contributed by atoms with E-state index < -0.39 is 5.60 Å². The molecule has 1 atom stereocenters. The minimum atomic E-state index is -0.792. The summed E-state index contributed by atoms with van der Waals surface area (Å²) in [6.07, 6.45) is 2.85. The molecule has 1 unspecified atom stereocenters. The standard InChI is InChI=1S/C13H21NO/c1-3-4-11-5-7-12(8-6-11)13(2,15)9-10-14/h5-8,15H,3-4,9-10,14H2,1-2H3. The molecule has 0 aromatic heterocycles. The van der Waals surface area contributed by atoms with Crippen LogP contribution >= 0.6 is 0 Å². The third-order valence-corrected chi connectivity index (χ3v) is 2.75. The van der Waals surface area contributed by atoms with Gasteiger partial charge < -0.3 is 10.8 Å². The molecule has 0 fully saturated rings. The fourth-order valence-corrected chi connectivity index (χ4v) is 1.74. The van der Waals surface area contributed by atoms with Crippen LogP contribution in [0.25, 0.3) is 0 Å². The maximum absolute atomic E-state index is 10.1. The fourth-order valence-electron chi connectivity index (χ4n) is 1.74. The van der Waals surface area contributed by atoms with Crippen LogP contribution in [-0.4, -0.2) is 11.7 Å². The number of nitrogens with two attached hydrogens (primary N) is 1. The minimum Gasteiger partial charge on any atom is -0.385 e. The van der Waals surface area contributed by atoms with Crippen LogP contribution in [0.2, 0.25) is 0 Å². The van der Waals surface area contributed by atoms with E-state index in [2.05, 4.69) is 19.1 Å². The molecule has 0 spiro atoms. The van der Waals surface area contributed by atoms with Gasteiger partial charge in [0.25, 0.3) is 0 Å². The van der Waals surface area contributed by atoms with E-state index in [-0.39, 0.29) is 0 Å². The normalized spacial score (nSPS) is 14.9. The van der Waals surface area contributed by atoms with E-state index in [1.165, 1.54) is 5.56 Å². The van der Waals surface area contributed by atoms with Crippen LogP contribution in [0, 0.1) is 0 Å². The predicted molar refractivity (Wildman–Crippen MR) is 63.7 cm³/mol. The zero-order valence-corrected chi connectivity index (χ0v) is 9.66. The van der Waals surface area contributed by atoms with Crippen molar-refractivity contribution in [2.45, 2.75) is 38.7 Å². The van der Waals surface area contributed by atoms with Crippen LogP contribution in [0.15, 0.2) is 24.3 Å². The van der Waals surface area contributed by atoms with E-state index in [1.54, 1.807) is 0 Å². The van der Waals surface area contributed by atoms with E-state index in [1.807, 2.05) is 19.1 Å². The predicted octanol–water partition coefficient (Wildman–Crippen LogP) is 2.20. The second-order valence-electron chi connectivity index (χ2n) is 4.26. The molecule has 0 aliphatic carbocycles. The average Bonchev–Trinajstić information content (AvgIpc) is 2.19. The van der Waals surface area contributed by atoms with Crippen molar-refractivity contribution in [3.63, 3.8) is 0 Å². The highest BCUT2D eigenvalue weighted by atomic mass is 16.3. The molecule has 2 heteroatoms. The van der Waals surface area contributed by atoms with Crippen LogP contribution in [0.1, 0.15) is 37.8 Å². The first kappa shape index (κ1) is 12.2. The molecule has 1 rings (SSSR count). The lowest BCUT2D eigenvalue weighted by Gasteiger charge is -2.23. The van der Waals surface area contributed by atoms with Crippen molar-refractivity contribution in [3.05, 3.63) is 35.4 Å². The van der Waals surface area contributed by atoms with Gasteiger partial charge in [-0.25, -0.2) is 0 Å². The molecule has 0 aliphatic heterocycles. The van der Waals surface area contributed by atoms with Gasteiger partial charge in [0, 0.05) is 0 Å². The molecule has 2 nitrogen and oxygen atoms in total. The van der Waals surface area contributed by atoms with Crippen LogP contribution in [0.4, 0.5) is 0 Å². The Kier molecular flexibility index (Phi) is 4.30. The van der Waals surface area contributed by atoms with Gasteiger partial charge in [0.2, 0.25) is 0 Å². The first-order valence-electron chi connectivity index (χ1n) is 5.62. The molecule has 3 N–H and O–H groups in total. The van der Waals surface area contributed by atoms with Crippen molar-refractivity contribution in [1.82, 2.24) is 0 Å².